The summed E-state index contributed by atoms with van der Waals surface area (Å²) < 4.78 is 0. The lowest BCUT2D eigenvalue weighted by Crippen LogP contribution is -2.36. The molecule has 2 rings (SSSR count). The fraction of sp³-hybridized carbons (Fsp3) is 0.462. The third-order valence-corrected chi connectivity index (χ3v) is 3.16. The minimum Gasteiger partial charge on any atom is -0.399 e. The van der Waals surface area contributed by atoms with Gasteiger partial charge in [-0.3, -0.25) is 0 Å². The SMILES string of the molecule is N=C1CCCCNC1Cc1ccccc1N. The second-order valence-corrected chi connectivity index (χ2v) is 4.39. The Morgan fingerprint density at radius 1 is 1.31 bits per heavy atom. The zero-order chi connectivity index (χ0) is 11.4. The topological polar surface area (TPSA) is 61.9 Å². The van der Waals surface area contributed by atoms with Gasteiger partial charge in [0, 0.05) is 17.4 Å². The summed E-state index contributed by atoms with van der Waals surface area (Å²) in [5.74, 6) is 0. The smallest absolute Gasteiger partial charge is 0.0489 e. The molecule has 0 bridgehead atoms. The summed E-state index contributed by atoms with van der Waals surface area (Å²) in [6.07, 6.45) is 4.06. The van der Waals surface area contributed by atoms with Crippen LogP contribution in [-0.2, 0) is 6.42 Å². The van der Waals surface area contributed by atoms with Gasteiger partial charge in [0.25, 0.3) is 0 Å². The third kappa shape index (κ3) is 2.61. The van der Waals surface area contributed by atoms with Gasteiger partial charge in [0.05, 0.1) is 0 Å². The van der Waals surface area contributed by atoms with Crippen LogP contribution < -0.4 is 11.1 Å². The van der Waals surface area contributed by atoms with Crippen LogP contribution in [0, 0.1) is 5.41 Å². The molecule has 0 aliphatic carbocycles. The van der Waals surface area contributed by atoms with Gasteiger partial charge in [-0.25, -0.2) is 0 Å². The maximum Gasteiger partial charge on any atom is 0.0489 e. The molecule has 1 aliphatic rings. The van der Waals surface area contributed by atoms with Crippen LogP contribution in [0.5, 0.6) is 0 Å². The van der Waals surface area contributed by atoms with Crippen LogP contribution in [0.15, 0.2) is 24.3 Å². The molecule has 16 heavy (non-hydrogen) atoms. The molecule has 1 atom stereocenters. The summed E-state index contributed by atoms with van der Waals surface area (Å²) in [5.41, 5.74) is 8.72. The molecular formula is C13H19N3. The summed E-state index contributed by atoms with van der Waals surface area (Å²) in [6.45, 7) is 1.01. The standard InChI is InChI=1S/C13H19N3/c14-11-6-2-1-5-10(11)9-13-12(15)7-3-4-8-16-13/h1-2,5-6,13,15-16H,3-4,7-9,14H2. The Kier molecular flexibility index (Phi) is 3.57. The van der Waals surface area contributed by atoms with Gasteiger partial charge < -0.3 is 16.5 Å². The highest BCUT2D eigenvalue weighted by Gasteiger charge is 2.17. The van der Waals surface area contributed by atoms with Crippen molar-refractivity contribution in [3.05, 3.63) is 29.8 Å². The number of hydrogen-bond donors (Lipinski definition) is 3. The Morgan fingerprint density at radius 2 is 2.12 bits per heavy atom. The number of nitrogen functional groups attached to an aromatic ring is 1. The van der Waals surface area contributed by atoms with Gasteiger partial charge >= 0.3 is 0 Å². The Morgan fingerprint density at radius 3 is 2.94 bits per heavy atom. The number of rotatable bonds is 2. The van der Waals surface area contributed by atoms with Crippen molar-refractivity contribution in [1.82, 2.24) is 5.32 Å². The van der Waals surface area contributed by atoms with Gasteiger partial charge in [0.2, 0.25) is 0 Å². The minimum absolute atomic E-state index is 0.173. The molecule has 1 unspecified atom stereocenters. The van der Waals surface area contributed by atoms with Gasteiger partial charge in [-0.15, -0.1) is 0 Å². The fourth-order valence-corrected chi connectivity index (χ4v) is 2.15. The Labute approximate surface area is 96.6 Å². The predicted octanol–water partition coefficient (Wildman–Crippen LogP) is 1.97. The van der Waals surface area contributed by atoms with Crippen molar-refractivity contribution >= 4 is 11.4 Å². The van der Waals surface area contributed by atoms with Crippen LogP contribution in [0.2, 0.25) is 0 Å². The van der Waals surface area contributed by atoms with Crippen LogP contribution in [-0.4, -0.2) is 18.3 Å². The number of hydrogen-bond acceptors (Lipinski definition) is 3. The van der Waals surface area contributed by atoms with Gasteiger partial charge in [-0.05, 0) is 43.9 Å². The van der Waals surface area contributed by atoms with Crippen LogP contribution in [0.25, 0.3) is 0 Å². The summed E-state index contributed by atoms with van der Waals surface area (Å²) in [5, 5.41) is 11.4. The van der Waals surface area contributed by atoms with E-state index in [4.69, 9.17) is 11.1 Å². The molecule has 1 heterocycles. The van der Waals surface area contributed by atoms with Crippen molar-refractivity contribution in [1.29, 1.82) is 5.41 Å². The van der Waals surface area contributed by atoms with E-state index in [1.54, 1.807) is 0 Å². The van der Waals surface area contributed by atoms with Gasteiger partial charge in [0.1, 0.15) is 0 Å². The molecule has 3 nitrogen and oxygen atoms in total. The molecule has 3 heteroatoms. The van der Waals surface area contributed by atoms with Crippen molar-refractivity contribution in [2.75, 3.05) is 12.3 Å². The zero-order valence-electron chi connectivity index (χ0n) is 9.50. The number of nitrogens with two attached hydrogens (primary N) is 1. The first-order chi connectivity index (χ1) is 7.77. The third-order valence-electron chi connectivity index (χ3n) is 3.16. The zero-order valence-corrected chi connectivity index (χ0v) is 9.50. The first kappa shape index (κ1) is 11.1. The van der Waals surface area contributed by atoms with Crippen molar-refractivity contribution in [3.63, 3.8) is 0 Å². The molecule has 0 radical (unpaired) electrons. The summed E-state index contributed by atoms with van der Waals surface area (Å²) in [4.78, 5) is 0. The van der Waals surface area contributed by atoms with Crippen LogP contribution in [0.1, 0.15) is 24.8 Å². The predicted molar refractivity (Wildman–Crippen MR) is 67.9 cm³/mol. The minimum atomic E-state index is 0.173. The van der Waals surface area contributed by atoms with Crippen molar-refractivity contribution in [3.8, 4) is 0 Å². The quantitative estimate of drug-likeness (QED) is 0.663. The van der Waals surface area contributed by atoms with Crippen molar-refractivity contribution < 1.29 is 0 Å². The highest BCUT2D eigenvalue weighted by molar-refractivity contribution is 5.87. The highest BCUT2D eigenvalue weighted by atomic mass is 14.9. The fourth-order valence-electron chi connectivity index (χ4n) is 2.15. The number of anilines is 1. The first-order valence-electron chi connectivity index (χ1n) is 5.91. The first-order valence-corrected chi connectivity index (χ1v) is 5.91. The van der Waals surface area contributed by atoms with Gasteiger partial charge in [-0.1, -0.05) is 18.2 Å². The molecule has 0 saturated carbocycles. The summed E-state index contributed by atoms with van der Waals surface area (Å²) in [7, 11) is 0. The van der Waals surface area contributed by atoms with Crippen LogP contribution >= 0.6 is 0 Å². The second kappa shape index (κ2) is 5.12. The molecule has 1 fully saturated rings. The lowest BCUT2D eigenvalue weighted by Gasteiger charge is -2.17. The van der Waals surface area contributed by atoms with E-state index in [1.165, 1.54) is 6.42 Å². The van der Waals surface area contributed by atoms with E-state index in [2.05, 4.69) is 11.4 Å². The molecule has 86 valence electrons. The van der Waals surface area contributed by atoms with Gasteiger partial charge in [0.15, 0.2) is 0 Å². The maximum atomic E-state index is 8.00. The summed E-state index contributed by atoms with van der Waals surface area (Å²) in [6, 6.07) is 8.11. The normalized spacial score (nSPS) is 21.8. The average molecular weight is 217 g/mol. The molecule has 1 aromatic rings. The van der Waals surface area contributed by atoms with Crippen LogP contribution in [0.3, 0.4) is 0 Å². The summed E-state index contributed by atoms with van der Waals surface area (Å²) >= 11 is 0. The second-order valence-electron chi connectivity index (χ2n) is 4.39. The number of para-hydroxylation sites is 1. The van der Waals surface area contributed by atoms with E-state index in [1.807, 2.05) is 18.2 Å². The van der Waals surface area contributed by atoms with E-state index in [9.17, 15) is 0 Å². The largest absolute Gasteiger partial charge is 0.399 e. The molecule has 4 N–H and O–H groups in total. The van der Waals surface area contributed by atoms with E-state index >= 15 is 0 Å². The molecular weight excluding hydrogens is 198 g/mol. The molecule has 1 aromatic carbocycles. The Balaban J connectivity index is 2.08. The number of benzene rings is 1. The van der Waals surface area contributed by atoms with E-state index in [0.717, 1.165) is 42.8 Å². The maximum absolute atomic E-state index is 8.00. The molecule has 0 spiro atoms. The molecule has 0 amide bonds. The lowest BCUT2D eigenvalue weighted by molar-refractivity contribution is 0.612. The average Bonchev–Trinajstić information content (AvgIpc) is 2.48. The molecule has 1 aliphatic heterocycles. The monoisotopic (exact) mass is 217 g/mol. The van der Waals surface area contributed by atoms with E-state index < -0.39 is 0 Å². The van der Waals surface area contributed by atoms with Crippen molar-refractivity contribution in [2.24, 2.45) is 0 Å². The number of nitrogens with one attached hydrogen (secondary N) is 2. The van der Waals surface area contributed by atoms with Crippen molar-refractivity contribution in [2.45, 2.75) is 31.7 Å². The van der Waals surface area contributed by atoms with E-state index in [-0.39, 0.29) is 6.04 Å². The van der Waals surface area contributed by atoms with E-state index in [0.29, 0.717) is 0 Å². The Bertz CT molecular complexity index is 373. The van der Waals surface area contributed by atoms with Gasteiger partial charge in [-0.2, -0.15) is 0 Å². The molecule has 1 saturated heterocycles. The van der Waals surface area contributed by atoms with Crippen LogP contribution in [0.4, 0.5) is 5.69 Å². The molecule has 0 aromatic heterocycles. The highest BCUT2D eigenvalue weighted by Crippen LogP contribution is 2.15. The lowest BCUT2D eigenvalue weighted by atomic mass is 9.99. The Hall–Kier alpha value is -1.35.